The molecule has 1 aliphatic rings. The minimum atomic E-state index is -3.78. The Labute approximate surface area is 211 Å². The van der Waals surface area contributed by atoms with Crippen LogP contribution in [0.25, 0.3) is 22.4 Å². The van der Waals surface area contributed by atoms with Gasteiger partial charge in [0, 0.05) is 32.7 Å². The number of aromatic nitrogens is 5. The van der Waals surface area contributed by atoms with E-state index in [1.165, 1.54) is 16.6 Å². The van der Waals surface area contributed by atoms with E-state index in [1.807, 2.05) is 18.5 Å². The molecule has 0 unspecified atom stereocenters. The number of nitrogens with one attached hydrogen (secondary N) is 1. The SMILES string of the molecule is CCOc1ncc(S(=O)(=O)N2CCN(CC)CC2)cc1-c1nc2c(CC)n(CC(C)C)nc2c(=O)[nH]1. The van der Waals surface area contributed by atoms with Crippen molar-refractivity contribution in [3.8, 4) is 17.3 Å². The summed E-state index contributed by atoms with van der Waals surface area (Å²) in [7, 11) is -3.78. The molecule has 1 aliphatic heterocycles. The molecule has 0 bridgehead atoms. The Morgan fingerprint density at radius 1 is 1.11 bits per heavy atom. The highest BCUT2D eigenvalue weighted by Gasteiger charge is 2.30. The number of nitrogens with zero attached hydrogens (tertiary/aromatic N) is 6. The molecule has 3 aromatic heterocycles. The van der Waals surface area contributed by atoms with Crippen molar-refractivity contribution in [1.29, 1.82) is 0 Å². The second-order valence-corrected chi connectivity index (χ2v) is 11.2. The number of hydrogen-bond donors (Lipinski definition) is 1. The predicted molar refractivity (Wildman–Crippen MR) is 138 cm³/mol. The molecule has 0 radical (unpaired) electrons. The van der Waals surface area contributed by atoms with Gasteiger partial charge in [-0.15, -0.1) is 0 Å². The summed E-state index contributed by atoms with van der Waals surface area (Å²) in [6.45, 7) is 14.1. The van der Waals surface area contributed by atoms with E-state index in [4.69, 9.17) is 9.72 Å². The molecule has 1 fully saturated rings. The number of rotatable bonds is 9. The van der Waals surface area contributed by atoms with Crippen molar-refractivity contribution in [2.24, 2.45) is 5.92 Å². The lowest BCUT2D eigenvalue weighted by atomic mass is 10.2. The quantitative estimate of drug-likeness (QED) is 0.457. The van der Waals surface area contributed by atoms with Crippen LogP contribution in [0, 0.1) is 5.92 Å². The van der Waals surface area contributed by atoms with E-state index >= 15 is 0 Å². The number of piperazine rings is 1. The van der Waals surface area contributed by atoms with Gasteiger partial charge >= 0.3 is 0 Å². The third kappa shape index (κ3) is 5.02. The number of fused-ring (bicyclic) bond motifs is 1. The van der Waals surface area contributed by atoms with Crippen LogP contribution in [0.4, 0.5) is 0 Å². The van der Waals surface area contributed by atoms with Crippen molar-refractivity contribution in [1.82, 2.24) is 33.9 Å². The number of hydrogen-bond acceptors (Lipinski definition) is 8. The lowest BCUT2D eigenvalue weighted by Crippen LogP contribution is -2.48. The van der Waals surface area contributed by atoms with Gasteiger partial charge in [-0.25, -0.2) is 18.4 Å². The first-order chi connectivity index (χ1) is 17.2. The second kappa shape index (κ2) is 10.7. The van der Waals surface area contributed by atoms with Crippen LogP contribution in [0.2, 0.25) is 0 Å². The fourth-order valence-electron chi connectivity index (χ4n) is 4.47. The molecular weight excluding hydrogens is 482 g/mol. The molecule has 4 rings (SSSR count). The lowest BCUT2D eigenvalue weighted by Gasteiger charge is -2.33. The van der Waals surface area contributed by atoms with E-state index in [1.54, 1.807) is 0 Å². The monoisotopic (exact) mass is 517 g/mol. The molecule has 36 heavy (non-hydrogen) atoms. The molecule has 0 aliphatic carbocycles. The highest BCUT2D eigenvalue weighted by atomic mass is 32.2. The van der Waals surface area contributed by atoms with Crippen molar-refractivity contribution in [2.75, 3.05) is 39.3 Å². The van der Waals surface area contributed by atoms with Crippen molar-refractivity contribution >= 4 is 21.1 Å². The predicted octanol–water partition coefficient (Wildman–Crippen LogP) is 2.12. The van der Waals surface area contributed by atoms with E-state index in [2.05, 4.69) is 40.7 Å². The maximum Gasteiger partial charge on any atom is 0.279 e. The first-order valence-corrected chi connectivity index (χ1v) is 14.0. The fraction of sp³-hybridized carbons (Fsp3) is 0.583. The van der Waals surface area contributed by atoms with Gasteiger partial charge in [0.25, 0.3) is 5.56 Å². The number of likely N-dealkylation sites (N-methyl/N-ethyl adjacent to an activating group) is 1. The summed E-state index contributed by atoms with van der Waals surface area (Å²) in [6, 6.07) is 1.49. The zero-order chi connectivity index (χ0) is 26.0. The zero-order valence-electron chi connectivity index (χ0n) is 21.6. The summed E-state index contributed by atoms with van der Waals surface area (Å²) < 4.78 is 35.9. The lowest BCUT2D eigenvalue weighted by molar-refractivity contribution is 0.196. The van der Waals surface area contributed by atoms with Gasteiger partial charge in [0.1, 0.15) is 16.2 Å². The van der Waals surface area contributed by atoms with Crippen LogP contribution >= 0.6 is 0 Å². The van der Waals surface area contributed by atoms with Gasteiger partial charge in [0.15, 0.2) is 5.52 Å². The van der Waals surface area contributed by atoms with Crippen molar-refractivity contribution in [2.45, 2.75) is 52.5 Å². The zero-order valence-corrected chi connectivity index (χ0v) is 22.4. The van der Waals surface area contributed by atoms with Crippen LogP contribution in [0.3, 0.4) is 0 Å². The van der Waals surface area contributed by atoms with Crippen LogP contribution in [0.1, 0.15) is 40.3 Å². The highest BCUT2D eigenvalue weighted by Crippen LogP contribution is 2.30. The highest BCUT2D eigenvalue weighted by molar-refractivity contribution is 7.89. The van der Waals surface area contributed by atoms with Gasteiger partial charge in [0.05, 0.1) is 24.1 Å². The maximum absolute atomic E-state index is 13.4. The Morgan fingerprint density at radius 3 is 2.44 bits per heavy atom. The Bertz CT molecular complexity index is 1390. The largest absolute Gasteiger partial charge is 0.477 e. The smallest absolute Gasteiger partial charge is 0.279 e. The summed E-state index contributed by atoms with van der Waals surface area (Å²) >= 11 is 0. The van der Waals surface area contributed by atoms with Crippen molar-refractivity contribution in [3.05, 3.63) is 28.3 Å². The molecule has 196 valence electrons. The molecule has 0 amide bonds. The first-order valence-electron chi connectivity index (χ1n) is 12.5. The summed E-state index contributed by atoms with van der Waals surface area (Å²) in [6.07, 6.45) is 1.96. The summed E-state index contributed by atoms with van der Waals surface area (Å²) in [5.74, 6) is 0.760. The standard InChI is InChI=1S/C24H35N7O4S/c1-6-19-20-21(28-31(19)15-16(4)5)23(32)27-22(26-20)18-13-17(14-25-24(18)35-8-3)36(33,34)30-11-9-29(7-2)10-12-30/h13-14,16H,6-12,15H2,1-5H3,(H,26,27,32). The van der Waals surface area contributed by atoms with Crippen LogP contribution in [0.5, 0.6) is 5.88 Å². The second-order valence-electron chi connectivity index (χ2n) is 9.28. The normalized spacial score (nSPS) is 15.7. The average molecular weight is 518 g/mol. The Kier molecular flexibility index (Phi) is 7.76. The van der Waals surface area contributed by atoms with Gasteiger partial charge in [0.2, 0.25) is 15.9 Å². The molecule has 1 N–H and O–H groups in total. The van der Waals surface area contributed by atoms with Crippen LogP contribution in [-0.2, 0) is 23.0 Å². The topological polar surface area (TPSA) is 126 Å². The Balaban J connectivity index is 1.82. The molecule has 12 heteroatoms. The van der Waals surface area contributed by atoms with Crippen LogP contribution < -0.4 is 10.3 Å². The van der Waals surface area contributed by atoms with Gasteiger partial charge in [-0.05, 0) is 31.9 Å². The van der Waals surface area contributed by atoms with Gasteiger partial charge in [-0.3, -0.25) is 9.48 Å². The van der Waals surface area contributed by atoms with Crippen molar-refractivity contribution in [3.63, 3.8) is 0 Å². The molecule has 0 saturated carbocycles. The number of aryl methyl sites for hydroxylation is 1. The summed E-state index contributed by atoms with van der Waals surface area (Å²) in [5, 5.41) is 4.50. The summed E-state index contributed by atoms with van der Waals surface area (Å²) in [5.41, 5.74) is 1.55. The Morgan fingerprint density at radius 2 is 1.83 bits per heavy atom. The number of sulfonamides is 1. The van der Waals surface area contributed by atoms with Gasteiger partial charge in [-0.2, -0.15) is 9.40 Å². The number of ether oxygens (including phenoxy) is 1. The average Bonchev–Trinajstić information content (AvgIpc) is 3.21. The summed E-state index contributed by atoms with van der Waals surface area (Å²) in [4.78, 5) is 27.1. The molecular formula is C24H35N7O4S. The van der Waals surface area contributed by atoms with E-state index in [-0.39, 0.29) is 22.1 Å². The molecule has 0 aromatic carbocycles. The van der Waals surface area contributed by atoms with E-state index in [9.17, 15) is 13.2 Å². The van der Waals surface area contributed by atoms with Crippen LogP contribution in [-0.4, -0.2) is 81.7 Å². The Hall–Kier alpha value is -2.83. The maximum atomic E-state index is 13.4. The third-order valence-electron chi connectivity index (χ3n) is 6.35. The number of pyridine rings is 1. The molecule has 1 saturated heterocycles. The van der Waals surface area contributed by atoms with Crippen LogP contribution in [0.15, 0.2) is 22.0 Å². The number of H-pyrrole nitrogens is 1. The van der Waals surface area contributed by atoms with E-state index in [0.29, 0.717) is 62.7 Å². The molecule has 0 atom stereocenters. The third-order valence-corrected chi connectivity index (χ3v) is 8.22. The van der Waals surface area contributed by atoms with Crippen molar-refractivity contribution < 1.29 is 13.2 Å². The number of aromatic amines is 1. The first kappa shape index (κ1) is 26.2. The van der Waals surface area contributed by atoms with E-state index in [0.717, 1.165) is 12.2 Å². The molecule has 0 spiro atoms. The minimum absolute atomic E-state index is 0.0415. The molecule has 11 nitrogen and oxygen atoms in total. The fourth-order valence-corrected chi connectivity index (χ4v) is 5.86. The van der Waals surface area contributed by atoms with E-state index < -0.39 is 15.6 Å². The minimum Gasteiger partial charge on any atom is -0.477 e. The van der Waals surface area contributed by atoms with Gasteiger partial charge < -0.3 is 14.6 Å². The van der Waals surface area contributed by atoms with Gasteiger partial charge in [-0.1, -0.05) is 27.7 Å². The molecule has 4 heterocycles. The molecule has 3 aromatic rings.